The molecule has 2 aromatic rings. The monoisotopic (exact) mass is 242 g/mol. The summed E-state index contributed by atoms with van der Waals surface area (Å²) < 4.78 is 5.28. The molecule has 0 aliphatic carbocycles. The minimum Gasteiger partial charge on any atom is -0.496 e. The highest BCUT2D eigenvalue weighted by Crippen LogP contribution is 2.33. The first-order valence-electron chi connectivity index (χ1n) is 5.01. The van der Waals surface area contributed by atoms with Crippen LogP contribution in [0.2, 0.25) is 5.02 Å². The summed E-state index contributed by atoms with van der Waals surface area (Å²) in [6.07, 6.45) is 0. The average molecular weight is 243 g/mol. The van der Waals surface area contributed by atoms with Crippen molar-refractivity contribution in [3.05, 3.63) is 53.1 Å². The van der Waals surface area contributed by atoms with E-state index >= 15 is 0 Å². The van der Waals surface area contributed by atoms with Crippen LogP contribution in [0.5, 0.6) is 5.75 Å². The summed E-state index contributed by atoms with van der Waals surface area (Å²) in [7, 11) is 1.60. The summed E-state index contributed by atoms with van der Waals surface area (Å²) in [6.45, 7) is 0. The van der Waals surface area contributed by atoms with Gasteiger partial charge in [0.05, 0.1) is 18.7 Å². The maximum atomic E-state index is 9.08. The molecule has 0 N–H and O–H groups in total. The summed E-state index contributed by atoms with van der Waals surface area (Å²) in [5.41, 5.74) is 2.13. The molecule has 3 heteroatoms. The Morgan fingerprint density at radius 2 is 2.06 bits per heavy atom. The van der Waals surface area contributed by atoms with Crippen molar-refractivity contribution in [3.8, 4) is 22.9 Å². The maximum absolute atomic E-state index is 9.08. The second-order valence-electron chi connectivity index (χ2n) is 3.42. The summed E-state index contributed by atoms with van der Waals surface area (Å²) >= 11 is 5.91. The molecular formula is C14H9ClNO. The van der Waals surface area contributed by atoms with Crippen LogP contribution in [0.15, 0.2) is 36.4 Å². The number of para-hydroxylation sites is 1. The van der Waals surface area contributed by atoms with Gasteiger partial charge in [-0.05, 0) is 18.2 Å². The highest BCUT2D eigenvalue weighted by atomic mass is 35.5. The first-order chi connectivity index (χ1) is 8.26. The van der Waals surface area contributed by atoms with Gasteiger partial charge in [0.2, 0.25) is 0 Å². The van der Waals surface area contributed by atoms with Crippen molar-refractivity contribution in [2.45, 2.75) is 0 Å². The van der Waals surface area contributed by atoms with E-state index in [-0.39, 0.29) is 0 Å². The van der Waals surface area contributed by atoms with Gasteiger partial charge in [0, 0.05) is 22.2 Å². The number of benzene rings is 2. The van der Waals surface area contributed by atoms with Crippen LogP contribution >= 0.6 is 11.6 Å². The zero-order valence-corrected chi connectivity index (χ0v) is 9.95. The zero-order chi connectivity index (χ0) is 12.3. The Morgan fingerprint density at radius 1 is 1.29 bits per heavy atom. The maximum Gasteiger partial charge on any atom is 0.126 e. The lowest BCUT2D eigenvalue weighted by Crippen LogP contribution is -1.90. The molecule has 0 atom stereocenters. The van der Waals surface area contributed by atoms with Crippen LogP contribution < -0.4 is 4.74 Å². The molecule has 0 fully saturated rings. The fraction of sp³-hybridized carbons (Fsp3) is 0.0714. The predicted molar refractivity (Wildman–Crippen MR) is 67.0 cm³/mol. The van der Waals surface area contributed by atoms with Crippen LogP contribution in [0, 0.1) is 17.4 Å². The number of nitrogens with zero attached hydrogens (tertiary/aromatic N) is 1. The zero-order valence-electron chi connectivity index (χ0n) is 9.20. The van der Waals surface area contributed by atoms with E-state index in [0.29, 0.717) is 16.3 Å². The molecule has 17 heavy (non-hydrogen) atoms. The van der Waals surface area contributed by atoms with Crippen molar-refractivity contribution in [2.75, 3.05) is 7.11 Å². The highest BCUT2D eigenvalue weighted by molar-refractivity contribution is 6.30. The standard InChI is InChI=1S/C14H9ClNO/c1-17-14-5-3-2-4-12(14)13-8-11(15)7-6-10(13)9-16/h2-6,8H,1H3. The normalized spacial score (nSPS) is 9.71. The fourth-order valence-electron chi connectivity index (χ4n) is 1.65. The third-order valence-electron chi connectivity index (χ3n) is 2.43. The van der Waals surface area contributed by atoms with Crippen molar-refractivity contribution in [2.24, 2.45) is 0 Å². The Bertz CT molecular complexity index is 587. The molecular weight excluding hydrogens is 234 g/mol. The van der Waals surface area contributed by atoms with E-state index in [1.165, 1.54) is 0 Å². The molecule has 2 aromatic carbocycles. The second-order valence-corrected chi connectivity index (χ2v) is 3.83. The van der Waals surface area contributed by atoms with Crippen LogP contribution in [-0.2, 0) is 0 Å². The molecule has 0 aliphatic heterocycles. The Balaban J connectivity index is 2.68. The number of nitriles is 1. The molecule has 0 heterocycles. The molecule has 0 aromatic heterocycles. The first kappa shape index (κ1) is 11.5. The fourth-order valence-corrected chi connectivity index (χ4v) is 1.81. The van der Waals surface area contributed by atoms with E-state index in [1.807, 2.05) is 24.3 Å². The largest absolute Gasteiger partial charge is 0.496 e. The Labute approximate surface area is 105 Å². The third-order valence-corrected chi connectivity index (χ3v) is 2.65. The van der Waals surface area contributed by atoms with Crippen molar-refractivity contribution >= 4 is 11.6 Å². The van der Waals surface area contributed by atoms with Crippen LogP contribution in [0.25, 0.3) is 11.1 Å². The first-order valence-corrected chi connectivity index (χ1v) is 5.38. The van der Waals surface area contributed by atoms with E-state index in [9.17, 15) is 0 Å². The SMILES string of the molecule is COc1ccccc1-c1cc(Cl)[c]cc1C#N. The van der Waals surface area contributed by atoms with Crippen molar-refractivity contribution in [1.29, 1.82) is 5.26 Å². The molecule has 1 radical (unpaired) electrons. The predicted octanol–water partition coefficient (Wildman–Crippen LogP) is 3.69. The van der Waals surface area contributed by atoms with Gasteiger partial charge in [0.1, 0.15) is 5.75 Å². The number of rotatable bonds is 2. The molecule has 2 rings (SSSR count). The molecule has 0 aliphatic rings. The molecule has 0 saturated carbocycles. The van der Waals surface area contributed by atoms with Gasteiger partial charge < -0.3 is 4.74 Å². The molecule has 0 bridgehead atoms. The van der Waals surface area contributed by atoms with Crippen molar-refractivity contribution in [3.63, 3.8) is 0 Å². The van der Waals surface area contributed by atoms with Crippen molar-refractivity contribution < 1.29 is 4.74 Å². The van der Waals surface area contributed by atoms with Crippen LogP contribution in [0.4, 0.5) is 0 Å². The number of hydrogen-bond donors (Lipinski definition) is 0. The van der Waals surface area contributed by atoms with E-state index < -0.39 is 0 Å². The number of hydrogen-bond acceptors (Lipinski definition) is 2. The summed E-state index contributed by atoms with van der Waals surface area (Å²) in [5, 5.41) is 9.56. The molecule has 0 spiro atoms. The minimum absolute atomic E-state index is 0.477. The Kier molecular flexibility index (Phi) is 3.32. The third kappa shape index (κ3) is 2.25. The summed E-state index contributed by atoms with van der Waals surface area (Å²) in [5.74, 6) is 0.714. The van der Waals surface area contributed by atoms with Gasteiger partial charge in [-0.2, -0.15) is 5.26 Å². The van der Waals surface area contributed by atoms with Crippen LogP contribution in [-0.4, -0.2) is 7.11 Å². The van der Waals surface area contributed by atoms with Crippen molar-refractivity contribution in [1.82, 2.24) is 0 Å². The lowest BCUT2D eigenvalue weighted by Gasteiger charge is -2.09. The van der Waals surface area contributed by atoms with Gasteiger partial charge in [0.15, 0.2) is 0 Å². The quantitative estimate of drug-likeness (QED) is 0.805. The smallest absolute Gasteiger partial charge is 0.126 e. The van der Waals surface area contributed by atoms with E-state index in [0.717, 1.165) is 11.1 Å². The van der Waals surface area contributed by atoms with Gasteiger partial charge in [-0.15, -0.1) is 0 Å². The number of methoxy groups -OCH3 is 1. The highest BCUT2D eigenvalue weighted by Gasteiger charge is 2.10. The average Bonchev–Trinajstić information content (AvgIpc) is 2.38. The minimum atomic E-state index is 0.477. The number of halogens is 1. The van der Waals surface area contributed by atoms with Gasteiger partial charge >= 0.3 is 0 Å². The Hall–Kier alpha value is -1.98. The van der Waals surface area contributed by atoms with E-state index in [2.05, 4.69) is 12.1 Å². The molecule has 0 saturated heterocycles. The Morgan fingerprint density at radius 3 is 2.76 bits per heavy atom. The second kappa shape index (κ2) is 4.90. The summed E-state index contributed by atoms with van der Waals surface area (Å²) in [6, 6.07) is 15.8. The lowest BCUT2D eigenvalue weighted by atomic mass is 9.99. The van der Waals surface area contributed by atoms with Gasteiger partial charge in [-0.1, -0.05) is 29.8 Å². The topological polar surface area (TPSA) is 33.0 Å². The van der Waals surface area contributed by atoms with Gasteiger partial charge in [-0.25, -0.2) is 0 Å². The van der Waals surface area contributed by atoms with Crippen LogP contribution in [0.3, 0.4) is 0 Å². The van der Waals surface area contributed by atoms with Crippen LogP contribution in [0.1, 0.15) is 5.56 Å². The lowest BCUT2D eigenvalue weighted by molar-refractivity contribution is 0.416. The van der Waals surface area contributed by atoms with E-state index in [4.69, 9.17) is 21.6 Å². The van der Waals surface area contributed by atoms with Gasteiger partial charge in [-0.3, -0.25) is 0 Å². The summed E-state index contributed by atoms with van der Waals surface area (Å²) in [4.78, 5) is 0. The molecule has 2 nitrogen and oxygen atoms in total. The van der Waals surface area contributed by atoms with E-state index in [1.54, 1.807) is 19.2 Å². The van der Waals surface area contributed by atoms with Gasteiger partial charge in [0.25, 0.3) is 0 Å². The number of ether oxygens (including phenoxy) is 1. The molecule has 0 amide bonds. The molecule has 83 valence electrons. The molecule has 0 unspecified atom stereocenters.